The molecule has 0 fully saturated rings. The van der Waals surface area contributed by atoms with Crippen LogP contribution in [0.25, 0.3) is 0 Å². The smallest absolute Gasteiger partial charge is 0.169 e. The van der Waals surface area contributed by atoms with Gasteiger partial charge in [-0.15, -0.1) is 0 Å². The monoisotopic (exact) mass is 760 g/mol. The summed E-state index contributed by atoms with van der Waals surface area (Å²) in [6.07, 6.45) is 12.4. The predicted octanol–water partition coefficient (Wildman–Crippen LogP) is 1.07. The second-order valence-electron chi connectivity index (χ2n) is 8.51. The molecule has 0 saturated carbocycles. The largest absolute Gasteiger partial charge is 1.00 e. The van der Waals surface area contributed by atoms with Crippen molar-refractivity contribution < 1.29 is 52.8 Å². The van der Waals surface area contributed by atoms with Crippen LogP contribution in [0.5, 0.6) is 0 Å². The number of oxime groups is 2. The molecule has 4 aromatic rings. The molecular formula is C29H26Br2Cl4N4O2. The molecule has 0 bridgehead atoms. The van der Waals surface area contributed by atoms with Gasteiger partial charge < -0.3 is 43.6 Å². The van der Waals surface area contributed by atoms with Crippen LogP contribution in [0.15, 0.2) is 95.8 Å². The summed E-state index contributed by atoms with van der Waals surface area (Å²) in [6.45, 7) is 2.18. The fourth-order valence-electron chi connectivity index (χ4n) is 3.58. The number of rotatable bonds is 12. The van der Waals surface area contributed by atoms with E-state index in [1.54, 1.807) is 48.8 Å². The summed E-state index contributed by atoms with van der Waals surface area (Å²) in [5, 5.41) is 10.3. The molecule has 0 spiro atoms. The lowest BCUT2D eigenvalue weighted by Crippen LogP contribution is -3.00. The summed E-state index contributed by atoms with van der Waals surface area (Å²) >= 11 is 24.6. The number of hydrogen-bond donors (Lipinski definition) is 0. The van der Waals surface area contributed by atoms with E-state index in [4.69, 9.17) is 56.1 Å². The van der Waals surface area contributed by atoms with Gasteiger partial charge in [0.1, 0.15) is 13.2 Å². The average Bonchev–Trinajstić information content (AvgIpc) is 2.93. The van der Waals surface area contributed by atoms with Crippen LogP contribution < -0.4 is 43.1 Å². The van der Waals surface area contributed by atoms with Gasteiger partial charge in [-0.05, 0) is 24.3 Å². The third kappa shape index (κ3) is 11.2. The molecule has 0 saturated heterocycles. The second kappa shape index (κ2) is 18.4. The third-order valence-corrected chi connectivity index (χ3v) is 7.18. The van der Waals surface area contributed by atoms with E-state index in [2.05, 4.69) is 19.4 Å². The van der Waals surface area contributed by atoms with Crippen LogP contribution in [-0.2, 0) is 36.0 Å². The van der Waals surface area contributed by atoms with Crippen LogP contribution in [0.2, 0.25) is 20.1 Å². The number of aromatic nitrogens is 2. The van der Waals surface area contributed by atoms with E-state index in [-0.39, 0.29) is 47.2 Å². The number of aryl methyl sites for hydroxylation is 2. The molecule has 2 aromatic heterocycles. The summed E-state index contributed by atoms with van der Waals surface area (Å²) in [6, 6.07) is 18.6. The highest BCUT2D eigenvalue weighted by Gasteiger charge is 2.07. The minimum atomic E-state index is 0. The van der Waals surface area contributed by atoms with Gasteiger partial charge in [-0.3, -0.25) is 0 Å². The van der Waals surface area contributed by atoms with Crippen molar-refractivity contribution in [2.45, 2.75) is 32.7 Å². The van der Waals surface area contributed by atoms with Crippen LogP contribution in [0.3, 0.4) is 0 Å². The normalized spacial score (nSPS) is 10.8. The zero-order valence-corrected chi connectivity index (χ0v) is 27.8. The van der Waals surface area contributed by atoms with Crippen LogP contribution in [0, 0.1) is 0 Å². The first-order chi connectivity index (χ1) is 19.0. The standard InChI is InChI=1S/C29H26Cl4N4O2.2BrH/c30-26-4-1-5-27(31)24(26)20-38-34-18-22-8-14-36(15-9-22)12-3-13-37-16-10-23(11-17-37)19-35-39-21-25-28(32)6-2-7-29(25)33;;/h1-2,4-11,14-19H,3,12-13,20-21H2;2*1H/q+2;;/p-2. The average molecular weight is 764 g/mol. The summed E-state index contributed by atoms with van der Waals surface area (Å²) in [5.74, 6) is 0. The first-order valence-electron chi connectivity index (χ1n) is 12.1. The molecule has 41 heavy (non-hydrogen) atoms. The summed E-state index contributed by atoms with van der Waals surface area (Å²) in [7, 11) is 0. The van der Waals surface area contributed by atoms with E-state index in [0.717, 1.165) is 30.6 Å². The van der Waals surface area contributed by atoms with Crippen molar-refractivity contribution in [1.29, 1.82) is 0 Å². The molecule has 0 radical (unpaired) electrons. The Balaban J connectivity index is 0.00000294. The quantitative estimate of drug-likeness (QED) is 0.123. The Morgan fingerprint density at radius 1 is 0.561 bits per heavy atom. The SMILES string of the molecule is Clc1cccc(Cl)c1CON=Cc1cc[n+](CCC[n+]2ccc(C=NOCc3c(Cl)cccc3Cl)cc2)cc1.[Br-].[Br-]. The second-order valence-corrected chi connectivity index (χ2v) is 10.1. The van der Waals surface area contributed by atoms with E-state index in [1.807, 2.05) is 49.1 Å². The highest BCUT2D eigenvalue weighted by molar-refractivity contribution is 6.36. The molecule has 0 amide bonds. The van der Waals surface area contributed by atoms with Crippen molar-refractivity contribution in [2.24, 2.45) is 10.3 Å². The molecular weight excluding hydrogens is 738 g/mol. The maximum atomic E-state index is 6.14. The number of hydrogen-bond acceptors (Lipinski definition) is 4. The molecule has 0 aliphatic heterocycles. The minimum absolute atomic E-state index is 0. The molecule has 0 N–H and O–H groups in total. The number of nitrogens with zero attached hydrogens (tertiary/aromatic N) is 4. The summed E-state index contributed by atoms with van der Waals surface area (Å²) < 4.78 is 4.26. The summed E-state index contributed by atoms with van der Waals surface area (Å²) in [4.78, 5) is 10.7. The molecule has 0 atom stereocenters. The Morgan fingerprint density at radius 2 is 0.902 bits per heavy atom. The van der Waals surface area contributed by atoms with Gasteiger partial charge in [0.25, 0.3) is 0 Å². The van der Waals surface area contributed by atoms with Gasteiger partial charge >= 0.3 is 0 Å². The third-order valence-electron chi connectivity index (χ3n) is 5.76. The van der Waals surface area contributed by atoms with E-state index < -0.39 is 0 Å². The first kappa shape index (κ1) is 35.0. The van der Waals surface area contributed by atoms with Crippen molar-refractivity contribution in [3.8, 4) is 0 Å². The van der Waals surface area contributed by atoms with Gasteiger partial charge in [0.2, 0.25) is 0 Å². The van der Waals surface area contributed by atoms with Crippen molar-refractivity contribution >= 4 is 58.8 Å². The zero-order valence-electron chi connectivity index (χ0n) is 21.6. The Kier molecular flexibility index (Phi) is 15.7. The van der Waals surface area contributed by atoms with Crippen molar-refractivity contribution in [2.75, 3.05) is 0 Å². The van der Waals surface area contributed by atoms with E-state index in [0.29, 0.717) is 31.2 Å². The molecule has 12 heteroatoms. The molecule has 2 heterocycles. The van der Waals surface area contributed by atoms with E-state index in [1.165, 1.54) is 0 Å². The van der Waals surface area contributed by atoms with E-state index >= 15 is 0 Å². The Hall–Kier alpha value is -2.20. The molecule has 0 aliphatic rings. The highest BCUT2D eigenvalue weighted by Crippen LogP contribution is 2.25. The molecule has 6 nitrogen and oxygen atoms in total. The van der Waals surface area contributed by atoms with Gasteiger partial charge in [0.15, 0.2) is 37.9 Å². The number of benzene rings is 2. The van der Waals surface area contributed by atoms with Crippen molar-refractivity contribution in [1.82, 2.24) is 0 Å². The fraction of sp³-hybridized carbons (Fsp3) is 0.172. The Bertz CT molecular complexity index is 1290. The molecule has 0 unspecified atom stereocenters. The predicted molar refractivity (Wildman–Crippen MR) is 156 cm³/mol. The lowest BCUT2D eigenvalue weighted by atomic mass is 10.2. The molecule has 0 aliphatic carbocycles. The summed E-state index contributed by atoms with van der Waals surface area (Å²) in [5.41, 5.74) is 3.30. The van der Waals surface area contributed by atoms with Crippen molar-refractivity contribution in [3.05, 3.63) is 128 Å². The first-order valence-corrected chi connectivity index (χ1v) is 13.7. The zero-order chi connectivity index (χ0) is 27.5. The maximum Gasteiger partial charge on any atom is 0.169 e. The Labute approximate surface area is 280 Å². The molecule has 216 valence electrons. The van der Waals surface area contributed by atoms with Gasteiger partial charge in [0.05, 0.1) is 18.9 Å². The number of pyridine rings is 2. The maximum absolute atomic E-state index is 6.14. The van der Waals surface area contributed by atoms with Crippen LogP contribution in [0.4, 0.5) is 0 Å². The lowest BCUT2D eigenvalue weighted by Gasteiger charge is -2.04. The fourth-order valence-corrected chi connectivity index (χ4v) is 4.60. The van der Waals surface area contributed by atoms with Gasteiger partial charge in [-0.1, -0.05) is 68.8 Å². The number of halogens is 6. The van der Waals surface area contributed by atoms with Crippen LogP contribution >= 0.6 is 46.4 Å². The molecule has 4 rings (SSSR count). The van der Waals surface area contributed by atoms with Crippen LogP contribution in [0.1, 0.15) is 28.7 Å². The van der Waals surface area contributed by atoms with Gasteiger partial charge in [-0.25, -0.2) is 9.13 Å². The van der Waals surface area contributed by atoms with E-state index in [9.17, 15) is 0 Å². The minimum Gasteiger partial charge on any atom is -1.00 e. The van der Waals surface area contributed by atoms with Crippen molar-refractivity contribution in [3.63, 3.8) is 0 Å². The van der Waals surface area contributed by atoms with Gasteiger partial charge in [0, 0.05) is 66.6 Å². The van der Waals surface area contributed by atoms with Crippen LogP contribution in [-0.4, -0.2) is 12.4 Å². The lowest BCUT2D eigenvalue weighted by molar-refractivity contribution is -0.726. The van der Waals surface area contributed by atoms with Gasteiger partial charge in [-0.2, -0.15) is 0 Å². The molecule has 2 aromatic carbocycles. The Morgan fingerprint density at radius 3 is 1.24 bits per heavy atom. The topological polar surface area (TPSA) is 50.9 Å². The highest BCUT2D eigenvalue weighted by atomic mass is 79.9.